The molecule has 0 aliphatic carbocycles. The highest BCUT2D eigenvalue weighted by Gasteiger charge is 2.27. The van der Waals surface area contributed by atoms with Gasteiger partial charge in [-0.05, 0) is 83.4 Å². The van der Waals surface area contributed by atoms with Gasteiger partial charge in [-0.3, -0.25) is 9.69 Å². The van der Waals surface area contributed by atoms with Crippen molar-refractivity contribution in [2.24, 2.45) is 5.92 Å². The summed E-state index contributed by atoms with van der Waals surface area (Å²) in [7, 11) is 2.00. The van der Waals surface area contributed by atoms with Crippen molar-refractivity contribution >= 4 is 41.5 Å². The molecule has 0 spiro atoms. The highest BCUT2D eigenvalue weighted by atomic mass is 35.5. The Hall–Kier alpha value is -0.520. The van der Waals surface area contributed by atoms with Crippen molar-refractivity contribution in [3.05, 3.63) is 33.8 Å². The van der Waals surface area contributed by atoms with Crippen LogP contribution in [0.5, 0.6) is 0 Å². The minimum atomic E-state index is -0.145. The van der Waals surface area contributed by atoms with Crippen molar-refractivity contribution in [2.45, 2.75) is 45.2 Å². The number of benzene rings is 1. The lowest BCUT2D eigenvalue weighted by atomic mass is 9.92. The number of hydrogen-bond acceptors (Lipinski definition) is 3. The summed E-state index contributed by atoms with van der Waals surface area (Å²) in [5.41, 5.74) is 0.886. The summed E-state index contributed by atoms with van der Waals surface area (Å²) in [6, 6.07) is 5.10. The minimum Gasteiger partial charge on any atom is -0.348 e. The van der Waals surface area contributed by atoms with E-state index >= 15 is 0 Å². The van der Waals surface area contributed by atoms with Crippen molar-refractivity contribution in [2.75, 3.05) is 26.7 Å². The smallest absolute Gasteiger partial charge is 0.237 e. The molecule has 2 atom stereocenters. The van der Waals surface area contributed by atoms with Gasteiger partial charge in [-0.25, -0.2) is 0 Å². The van der Waals surface area contributed by atoms with Crippen LogP contribution in [-0.4, -0.2) is 43.5 Å². The zero-order chi connectivity index (χ0) is 18.4. The molecule has 7 heteroatoms. The van der Waals surface area contributed by atoms with Crippen molar-refractivity contribution in [3.63, 3.8) is 0 Å². The van der Waals surface area contributed by atoms with Crippen LogP contribution in [0.15, 0.2) is 18.2 Å². The van der Waals surface area contributed by atoms with E-state index in [0.717, 1.165) is 44.0 Å². The van der Waals surface area contributed by atoms with Crippen molar-refractivity contribution in [1.82, 2.24) is 15.5 Å². The normalized spacial score (nSPS) is 18.0. The monoisotopic (exact) mass is 421 g/mol. The van der Waals surface area contributed by atoms with Gasteiger partial charge in [-0.2, -0.15) is 0 Å². The van der Waals surface area contributed by atoms with E-state index in [0.29, 0.717) is 10.0 Å². The third kappa shape index (κ3) is 6.58. The van der Waals surface area contributed by atoms with Gasteiger partial charge in [-0.1, -0.05) is 29.3 Å². The van der Waals surface area contributed by atoms with Crippen LogP contribution in [0.4, 0.5) is 0 Å². The van der Waals surface area contributed by atoms with E-state index in [1.165, 1.54) is 6.42 Å². The van der Waals surface area contributed by atoms with E-state index in [2.05, 4.69) is 15.5 Å². The number of piperidine rings is 1. The molecule has 4 nitrogen and oxygen atoms in total. The molecular weight excluding hydrogens is 393 g/mol. The van der Waals surface area contributed by atoms with Gasteiger partial charge in [0, 0.05) is 10.0 Å². The van der Waals surface area contributed by atoms with Gasteiger partial charge in [0.2, 0.25) is 5.91 Å². The predicted molar refractivity (Wildman–Crippen MR) is 113 cm³/mol. The molecule has 2 unspecified atom stereocenters. The average molecular weight is 423 g/mol. The molecule has 1 heterocycles. The first kappa shape index (κ1) is 23.5. The summed E-state index contributed by atoms with van der Waals surface area (Å²) >= 11 is 12.2. The van der Waals surface area contributed by atoms with Gasteiger partial charge >= 0.3 is 0 Å². The first-order valence-corrected chi connectivity index (χ1v) is 9.82. The van der Waals surface area contributed by atoms with Crippen LogP contribution in [0.2, 0.25) is 10.0 Å². The Morgan fingerprint density at radius 1 is 1.27 bits per heavy atom. The maximum Gasteiger partial charge on any atom is 0.237 e. The topological polar surface area (TPSA) is 44.4 Å². The molecular formula is C19H30Cl3N3O. The molecule has 0 radical (unpaired) electrons. The molecule has 0 bridgehead atoms. The number of hydrogen-bond donors (Lipinski definition) is 2. The molecule has 0 aromatic heterocycles. The third-order valence-corrected chi connectivity index (χ3v) is 5.73. The second-order valence-corrected chi connectivity index (χ2v) is 7.79. The fraction of sp³-hybridized carbons (Fsp3) is 0.632. The van der Waals surface area contributed by atoms with E-state index < -0.39 is 0 Å². The molecule has 1 amide bonds. The molecule has 1 aromatic carbocycles. The zero-order valence-electron chi connectivity index (χ0n) is 15.7. The maximum atomic E-state index is 12.6. The molecule has 0 saturated carbocycles. The minimum absolute atomic E-state index is 0. The summed E-state index contributed by atoms with van der Waals surface area (Å²) in [6.45, 7) is 6.97. The number of likely N-dealkylation sites (tertiary alicyclic amines) is 1. The number of rotatable bonds is 7. The summed E-state index contributed by atoms with van der Waals surface area (Å²) in [5.74, 6) is 0.818. The Bertz CT molecular complexity index is 577. The van der Waals surface area contributed by atoms with Crippen LogP contribution in [0.3, 0.4) is 0 Å². The van der Waals surface area contributed by atoms with Gasteiger partial charge in [0.25, 0.3) is 0 Å². The summed E-state index contributed by atoms with van der Waals surface area (Å²) in [4.78, 5) is 14.9. The van der Waals surface area contributed by atoms with Gasteiger partial charge in [-0.15, -0.1) is 12.4 Å². The van der Waals surface area contributed by atoms with E-state index in [-0.39, 0.29) is 30.4 Å². The quantitative estimate of drug-likeness (QED) is 0.688. The Balaban J connectivity index is 0.00000338. The second-order valence-electron chi connectivity index (χ2n) is 6.94. The van der Waals surface area contributed by atoms with Crippen molar-refractivity contribution in [3.8, 4) is 0 Å². The molecule has 2 N–H and O–H groups in total. The van der Waals surface area contributed by atoms with Crippen molar-refractivity contribution in [1.29, 1.82) is 0 Å². The number of halogens is 3. The first-order chi connectivity index (χ1) is 11.9. The van der Waals surface area contributed by atoms with Crippen LogP contribution in [0.25, 0.3) is 0 Å². The molecule has 1 aliphatic heterocycles. The Morgan fingerprint density at radius 2 is 1.92 bits per heavy atom. The molecule has 26 heavy (non-hydrogen) atoms. The predicted octanol–water partition coefficient (Wildman–Crippen LogP) is 4.30. The lowest BCUT2D eigenvalue weighted by Gasteiger charge is -2.35. The third-order valence-electron chi connectivity index (χ3n) is 5.17. The van der Waals surface area contributed by atoms with Crippen molar-refractivity contribution < 1.29 is 4.79 Å². The van der Waals surface area contributed by atoms with E-state index in [1.807, 2.05) is 27.0 Å². The average Bonchev–Trinajstić information content (AvgIpc) is 2.59. The highest BCUT2D eigenvalue weighted by molar-refractivity contribution is 6.35. The van der Waals surface area contributed by atoms with Crippen LogP contribution < -0.4 is 10.6 Å². The van der Waals surface area contributed by atoms with E-state index in [4.69, 9.17) is 23.2 Å². The van der Waals surface area contributed by atoms with Gasteiger partial charge in [0.15, 0.2) is 0 Å². The lowest BCUT2D eigenvalue weighted by molar-refractivity contribution is -0.127. The van der Waals surface area contributed by atoms with Crippen LogP contribution in [0.1, 0.15) is 44.7 Å². The standard InChI is InChI=1S/C19H29Cl2N3O.ClH/c1-13(17-5-4-16(20)12-18(17)21)23-19(25)14(2)24-10-7-15(8-11-24)6-9-22-3;/h4-5,12-15,22H,6-11H2,1-3H3,(H,23,25);1H. The largest absolute Gasteiger partial charge is 0.348 e. The molecule has 2 rings (SSSR count). The van der Waals surface area contributed by atoms with Gasteiger partial charge in [0.1, 0.15) is 0 Å². The fourth-order valence-corrected chi connectivity index (χ4v) is 3.98. The van der Waals surface area contributed by atoms with Crippen LogP contribution in [0, 0.1) is 5.92 Å². The molecule has 1 aliphatic rings. The molecule has 1 aromatic rings. The lowest BCUT2D eigenvalue weighted by Crippen LogP contribution is -2.48. The van der Waals surface area contributed by atoms with Gasteiger partial charge in [0.05, 0.1) is 12.1 Å². The number of carbonyl (C=O) groups is 1. The Kier molecular flexibility index (Phi) is 10.3. The van der Waals surface area contributed by atoms with E-state index in [1.54, 1.807) is 12.1 Å². The Labute approximate surface area is 173 Å². The Morgan fingerprint density at radius 3 is 2.50 bits per heavy atom. The summed E-state index contributed by atoms with van der Waals surface area (Å²) < 4.78 is 0. The van der Waals surface area contributed by atoms with Crippen LogP contribution >= 0.6 is 35.6 Å². The summed E-state index contributed by atoms with van der Waals surface area (Å²) in [5, 5.41) is 7.48. The number of carbonyl (C=O) groups excluding carboxylic acids is 1. The second kappa shape index (κ2) is 11.4. The maximum absolute atomic E-state index is 12.6. The zero-order valence-corrected chi connectivity index (χ0v) is 18.1. The van der Waals surface area contributed by atoms with E-state index in [9.17, 15) is 4.79 Å². The SMILES string of the molecule is CNCCC1CCN(C(C)C(=O)NC(C)c2ccc(Cl)cc2Cl)CC1.Cl. The number of nitrogens with one attached hydrogen (secondary N) is 2. The van der Waals surface area contributed by atoms with Crippen LogP contribution in [-0.2, 0) is 4.79 Å². The molecule has 1 saturated heterocycles. The fourth-order valence-electron chi connectivity index (χ4n) is 3.41. The molecule has 1 fully saturated rings. The highest BCUT2D eigenvalue weighted by Crippen LogP contribution is 2.26. The number of nitrogens with zero attached hydrogens (tertiary/aromatic N) is 1. The first-order valence-electron chi connectivity index (χ1n) is 9.06. The van der Waals surface area contributed by atoms with Gasteiger partial charge < -0.3 is 10.6 Å². The molecule has 148 valence electrons. The summed E-state index contributed by atoms with van der Waals surface area (Å²) in [6.07, 6.45) is 3.55. The number of amides is 1.